The minimum absolute atomic E-state index is 0. The van der Waals surface area contributed by atoms with Gasteiger partial charge in [0.1, 0.15) is 0 Å². The van der Waals surface area contributed by atoms with Gasteiger partial charge < -0.3 is 0 Å². The number of hydrogen-bond acceptors (Lipinski definition) is 0. The Kier molecular flexibility index (Phi) is 10.5. The molecule has 0 aromatic carbocycles. The zero-order chi connectivity index (χ0) is 9.46. The van der Waals surface area contributed by atoms with Gasteiger partial charge in [0.15, 0.2) is 0 Å². The molecule has 0 radical (unpaired) electrons. The second-order valence-corrected chi connectivity index (χ2v) is 5.69. The molecule has 0 nitrogen and oxygen atoms in total. The average Bonchev–Trinajstić information content (AvgIpc) is 2.08. The first-order chi connectivity index (χ1) is 5.46. The maximum absolute atomic E-state index is 5.88. The van der Waals surface area contributed by atoms with Gasteiger partial charge in [-0.15, -0.1) is 82.0 Å². The van der Waals surface area contributed by atoms with Crippen LogP contribution in [0.3, 0.4) is 0 Å². The number of halogens is 7. The van der Waals surface area contributed by atoms with Gasteiger partial charge in [-0.25, -0.2) is 0 Å². The van der Waals surface area contributed by atoms with Gasteiger partial charge in [0.25, 0.3) is 0 Å². The third-order valence-corrected chi connectivity index (χ3v) is 5.86. The quantitative estimate of drug-likeness (QED) is 0.437. The second-order valence-electron chi connectivity index (χ2n) is 2.67. The predicted molar refractivity (Wildman–Crippen MR) is 65.1 cm³/mol. The minimum atomic E-state index is -0.437. The van der Waals surface area contributed by atoms with E-state index in [-0.39, 0.29) is 29.5 Å². The monoisotopic (exact) mass is 380 g/mol. The molecule has 0 saturated heterocycles. The van der Waals surface area contributed by atoms with Crippen molar-refractivity contribution in [3.05, 3.63) is 0 Å². The van der Waals surface area contributed by atoms with Crippen molar-refractivity contribution in [2.75, 3.05) is 0 Å². The van der Waals surface area contributed by atoms with Gasteiger partial charge >= 0.3 is 0 Å². The molecule has 0 atom stereocenters. The van der Waals surface area contributed by atoms with Gasteiger partial charge in [0.2, 0.25) is 0 Å². The first-order valence-electron chi connectivity index (χ1n) is 3.31. The Hall–Kier alpha value is 2.55. The molecule has 0 unspecified atom stereocenters. The SMILES string of the molecule is Cl.ClC1C(Cl)C(Cl)C(Cl)C(Cl)C1Cl.[Fe]. The van der Waals surface area contributed by atoms with E-state index in [4.69, 9.17) is 69.6 Å². The number of rotatable bonds is 0. The molecule has 0 N–H and O–H groups in total. The summed E-state index contributed by atoms with van der Waals surface area (Å²) in [5.41, 5.74) is 0. The summed E-state index contributed by atoms with van der Waals surface area (Å²) in [6.07, 6.45) is 0. The molecule has 14 heavy (non-hydrogen) atoms. The van der Waals surface area contributed by atoms with E-state index in [1.165, 1.54) is 0 Å². The Balaban J connectivity index is 0. The number of alkyl halides is 6. The first-order valence-corrected chi connectivity index (χ1v) is 5.93. The molecule has 0 spiro atoms. The Morgan fingerprint density at radius 2 is 0.500 bits per heavy atom. The van der Waals surface area contributed by atoms with Crippen LogP contribution in [0.2, 0.25) is 0 Å². The van der Waals surface area contributed by atoms with Crippen molar-refractivity contribution in [2.45, 2.75) is 32.3 Å². The van der Waals surface area contributed by atoms with Crippen molar-refractivity contribution in [1.29, 1.82) is 0 Å². The molecule has 1 aliphatic rings. The van der Waals surface area contributed by atoms with Gasteiger partial charge in [0.05, 0.1) is 32.3 Å². The van der Waals surface area contributed by atoms with Crippen LogP contribution >= 0.6 is 82.0 Å². The van der Waals surface area contributed by atoms with E-state index in [2.05, 4.69) is 0 Å². The molecule has 1 fully saturated rings. The van der Waals surface area contributed by atoms with Gasteiger partial charge in [0, 0.05) is 17.1 Å². The molecule has 0 aromatic heterocycles. The van der Waals surface area contributed by atoms with E-state index in [9.17, 15) is 0 Å². The zero-order valence-electron chi connectivity index (χ0n) is 6.49. The summed E-state index contributed by atoms with van der Waals surface area (Å²) >= 11 is 35.3. The molecule has 0 heterocycles. The topological polar surface area (TPSA) is 0 Å². The van der Waals surface area contributed by atoms with Crippen molar-refractivity contribution in [3.8, 4) is 0 Å². The van der Waals surface area contributed by atoms with Crippen molar-refractivity contribution in [2.24, 2.45) is 0 Å². The van der Waals surface area contributed by atoms with Crippen molar-refractivity contribution < 1.29 is 17.1 Å². The van der Waals surface area contributed by atoms with Crippen LogP contribution in [-0.4, -0.2) is 32.3 Å². The Labute approximate surface area is 130 Å². The normalized spacial score (nSPS) is 47.6. The van der Waals surface area contributed by atoms with Crippen LogP contribution in [0.15, 0.2) is 0 Å². The standard InChI is InChI=1S/C6H6Cl6.ClH.Fe/c7-1-2(8)4(10)6(12)5(11)3(1)9;;/h1-6H;1H;. The fourth-order valence-electron chi connectivity index (χ4n) is 1.05. The number of hydrogen-bond donors (Lipinski definition) is 0. The fourth-order valence-corrected chi connectivity index (χ4v) is 3.38. The molecule has 8 heteroatoms. The van der Waals surface area contributed by atoms with E-state index >= 15 is 0 Å². The maximum Gasteiger partial charge on any atom is 0.0693 e. The zero-order valence-corrected chi connectivity index (χ0v) is 12.9. The van der Waals surface area contributed by atoms with Gasteiger partial charge in [-0.2, -0.15) is 0 Å². The Bertz CT molecular complexity index is 110. The third kappa shape index (κ3) is 3.79. The van der Waals surface area contributed by atoms with Crippen LogP contribution < -0.4 is 0 Å². The molecule has 0 bridgehead atoms. The van der Waals surface area contributed by atoms with E-state index < -0.39 is 32.3 Å². The van der Waals surface area contributed by atoms with Gasteiger partial charge in [-0.05, 0) is 0 Å². The molecule has 1 rings (SSSR count). The fraction of sp³-hybridized carbons (Fsp3) is 1.00. The molecule has 1 aliphatic carbocycles. The van der Waals surface area contributed by atoms with Crippen LogP contribution in [0.25, 0.3) is 0 Å². The summed E-state index contributed by atoms with van der Waals surface area (Å²) in [7, 11) is 0. The van der Waals surface area contributed by atoms with Crippen LogP contribution in [-0.2, 0) is 17.1 Å². The van der Waals surface area contributed by atoms with E-state index in [0.717, 1.165) is 0 Å². The summed E-state index contributed by atoms with van der Waals surface area (Å²) < 4.78 is 0. The molecule has 0 amide bonds. The summed E-state index contributed by atoms with van der Waals surface area (Å²) in [5.74, 6) is 0. The van der Waals surface area contributed by atoms with Gasteiger partial charge in [-0.3, -0.25) is 0 Å². The molecular formula is C6H7Cl7Fe. The van der Waals surface area contributed by atoms with Crippen molar-refractivity contribution in [3.63, 3.8) is 0 Å². The van der Waals surface area contributed by atoms with Gasteiger partial charge in [-0.1, -0.05) is 0 Å². The molecule has 0 aromatic rings. The molecule has 88 valence electrons. The minimum Gasteiger partial charge on any atom is -0.147 e. The summed E-state index contributed by atoms with van der Waals surface area (Å²) in [6.45, 7) is 0. The van der Waals surface area contributed by atoms with Crippen LogP contribution in [0.5, 0.6) is 0 Å². The average molecular weight is 383 g/mol. The van der Waals surface area contributed by atoms with E-state index in [1.807, 2.05) is 0 Å². The molecule has 0 aliphatic heterocycles. The summed E-state index contributed by atoms with van der Waals surface area (Å²) in [5, 5.41) is -2.62. The van der Waals surface area contributed by atoms with Crippen LogP contribution in [0.4, 0.5) is 0 Å². The van der Waals surface area contributed by atoms with E-state index in [0.29, 0.717) is 0 Å². The smallest absolute Gasteiger partial charge is 0.0693 e. The predicted octanol–water partition coefficient (Wildman–Crippen LogP) is 4.06. The Morgan fingerprint density at radius 1 is 0.429 bits per heavy atom. The van der Waals surface area contributed by atoms with Crippen molar-refractivity contribution >= 4 is 82.0 Å². The van der Waals surface area contributed by atoms with Crippen LogP contribution in [0, 0.1) is 0 Å². The summed E-state index contributed by atoms with van der Waals surface area (Å²) in [6, 6.07) is 0. The maximum atomic E-state index is 5.88. The molecular weight excluding hydrogens is 376 g/mol. The van der Waals surface area contributed by atoms with Crippen molar-refractivity contribution in [1.82, 2.24) is 0 Å². The van der Waals surface area contributed by atoms with E-state index in [1.54, 1.807) is 0 Å². The largest absolute Gasteiger partial charge is 0.147 e. The first kappa shape index (κ1) is 18.9. The molecule has 1 saturated carbocycles. The second kappa shape index (κ2) is 7.79. The Morgan fingerprint density at radius 3 is 0.571 bits per heavy atom. The summed E-state index contributed by atoms with van der Waals surface area (Å²) in [4.78, 5) is 0. The third-order valence-electron chi connectivity index (χ3n) is 1.83. The van der Waals surface area contributed by atoms with Crippen LogP contribution in [0.1, 0.15) is 0 Å².